The molecule has 0 amide bonds. The molecule has 0 fully saturated rings. The van der Waals surface area contributed by atoms with Crippen molar-refractivity contribution in [2.24, 2.45) is 0 Å². The lowest BCUT2D eigenvalue weighted by molar-refractivity contribution is 0.0392. The second-order valence-corrected chi connectivity index (χ2v) is 4.71. The van der Waals surface area contributed by atoms with Crippen LogP contribution in [0, 0.1) is 0 Å². The van der Waals surface area contributed by atoms with E-state index in [0.29, 0.717) is 46.2 Å². The van der Waals surface area contributed by atoms with Gasteiger partial charge in [0.15, 0.2) is 0 Å². The van der Waals surface area contributed by atoms with Crippen molar-refractivity contribution in [3.05, 3.63) is 35.9 Å². The van der Waals surface area contributed by atoms with Gasteiger partial charge in [-0.15, -0.1) is 0 Å². The monoisotopic (exact) mass is 311 g/mol. The molecule has 0 aliphatic heterocycles. The zero-order valence-electron chi connectivity index (χ0n) is 13.6. The van der Waals surface area contributed by atoms with Crippen LogP contribution in [0.3, 0.4) is 0 Å². The molecule has 0 radical (unpaired) electrons. The molecule has 1 N–H and O–H groups in total. The first-order chi connectivity index (χ1) is 10.9. The van der Waals surface area contributed by atoms with Crippen LogP contribution in [0.4, 0.5) is 0 Å². The number of ether oxygens (including phenoxy) is 4. The van der Waals surface area contributed by atoms with Gasteiger partial charge in [0.2, 0.25) is 0 Å². The van der Waals surface area contributed by atoms with Crippen molar-refractivity contribution in [1.82, 2.24) is 5.32 Å². The molecule has 1 aromatic rings. The van der Waals surface area contributed by atoms with E-state index in [1.807, 2.05) is 25.1 Å². The summed E-state index contributed by atoms with van der Waals surface area (Å²) in [7, 11) is 0. The lowest BCUT2D eigenvalue weighted by Crippen LogP contribution is -2.25. The van der Waals surface area contributed by atoms with Gasteiger partial charge in [-0.2, -0.15) is 0 Å². The largest absolute Gasteiger partial charge is 0.379 e. The van der Waals surface area contributed by atoms with Gasteiger partial charge >= 0.3 is 0 Å². The zero-order chi connectivity index (χ0) is 15.7. The minimum absolute atomic E-state index is 0.620. The number of hydrogen-bond donors (Lipinski definition) is 1. The second-order valence-electron chi connectivity index (χ2n) is 4.71. The van der Waals surface area contributed by atoms with Crippen molar-refractivity contribution in [2.75, 3.05) is 59.3 Å². The molecule has 0 aromatic heterocycles. The van der Waals surface area contributed by atoms with Gasteiger partial charge in [0, 0.05) is 19.7 Å². The van der Waals surface area contributed by atoms with Crippen LogP contribution in [0.15, 0.2) is 30.3 Å². The molecule has 0 spiro atoms. The molecule has 0 aliphatic carbocycles. The van der Waals surface area contributed by atoms with Crippen LogP contribution in [0.1, 0.15) is 12.5 Å². The Kier molecular flexibility index (Phi) is 12.9. The summed E-state index contributed by atoms with van der Waals surface area (Å²) in [6.07, 6.45) is 0. The Morgan fingerprint density at radius 3 is 1.95 bits per heavy atom. The van der Waals surface area contributed by atoms with E-state index >= 15 is 0 Å². The highest BCUT2D eigenvalue weighted by Crippen LogP contribution is 1.99. The molecule has 1 aromatic carbocycles. The highest BCUT2D eigenvalue weighted by Gasteiger charge is 1.93. The van der Waals surface area contributed by atoms with E-state index in [9.17, 15) is 0 Å². The Hall–Kier alpha value is -0.980. The number of hydrogen-bond acceptors (Lipinski definition) is 5. The van der Waals surface area contributed by atoms with Crippen molar-refractivity contribution in [2.45, 2.75) is 13.5 Å². The summed E-state index contributed by atoms with van der Waals surface area (Å²) in [5, 5.41) is 3.26. The average molecular weight is 311 g/mol. The summed E-state index contributed by atoms with van der Waals surface area (Å²) < 4.78 is 21.6. The maximum absolute atomic E-state index is 5.53. The predicted molar refractivity (Wildman–Crippen MR) is 87.1 cm³/mol. The smallest absolute Gasteiger partial charge is 0.0718 e. The fourth-order valence-electron chi connectivity index (χ4n) is 1.76. The van der Waals surface area contributed by atoms with Crippen LogP contribution in [0.2, 0.25) is 0 Å². The number of rotatable bonds is 15. The highest BCUT2D eigenvalue weighted by atomic mass is 16.5. The van der Waals surface area contributed by atoms with Gasteiger partial charge in [-0.05, 0) is 12.5 Å². The third kappa shape index (κ3) is 11.7. The molecule has 5 nitrogen and oxygen atoms in total. The molecule has 126 valence electrons. The van der Waals surface area contributed by atoms with Gasteiger partial charge in [-0.25, -0.2) is 0 Å². The van der Waals surface area contributed by atoms with Gasteiger partial charge < -0.3 is 24.3 Å². The van der Waals surface area contributed by atoms with E-state index in [2.05, 4.69) is 17.4 Å². The third-order valence-corrected chi connectivity index (χ3v) is 2.91. The van der Waals surface area contributed by atoms with Crippen LogP contribution >= 0.6 is 0 Å². The maximum Gasteiger partial charge on any atom is 0.0718 e. The Labute approximate surface area is 133 Å². The van der Waals surface area contributed by atoms with Gasteiger partial charge in [-0.1, -0.05) is 30.3 Å². The van der Waals surface area contributed by atoms with Crippen LogP contribution < -0.4 is 5.32 Å². The normalized spacial score (nSPS) is 11.0. The lowest BCUT2D eigenvalue weighted by Gasteiger charge is -2.08. The molecular weight excluding hydrogens is 282 g/mol. The van der Waals surface area contributed by atoms with Crippen LogP contribution in [0.25, 0.3) is 0 Å². The molecule has 0 bridgehead atoms. The molecule has 0 saturated heterocycles. The van der Waals surface area contributed by atoms with Gasteiger partial charge in [0.25, 0.3) is 0 Å². The summed E-state index contributed by atoms with van der Waals surface area (Å²) in [5.41, 5.74) is 1.19. The first kappa shape index (κ1) is 19.1. The van der Waals surface area contributed by atoms with Gasteiger partial charge in [0.05, 0.1) is 46.2 Å². The van der Waals surface area contributed by atoms with E-state index in [-0.39, 0.29) is 0 Å². The van der Waals surface area contributed by atoms with Crippen LogP contribution in [-0.2, 0) is 25.6 Å². The quantitative estimate of drug-likeness (QED) is 0.501. The third-order valence-electron chi connectivity index (χ3n) is 2.91. The van der Waals surface area contributed by atoms with E-state index in [4.69, 9.17) is 18.9 Å². The molecule has 0 saturated carbocycles. The van der Waals surface area contributed by atoms with Crippen molar-refractivity contribution >= 4 is 0 Å². The molecule has 0 atom stereocenters. The van der Waals surface area contributed by atoms with Crippen LogP contribution in [-0.4, -0.2) is 59.3 Å². The minimum Gasteiger partial charge on any atom is -0.379 e. The van der Waals surface area contributed by atoms with E-state index < -0.39 is 0 Å². The van der Waals surface area contributed by atoms with Gasteiger partial charge in [-0.3, -0.25) is 0 Å². The molecular formula is C17H29NO4. The second kappa shape index (κ2) is 14.9. The fourth-order valence-corrected chi connectivity index (χ4v) is 1.76. The summed E-state index contributed by atoms with van der Waals surface area (Å²) >= 11 is 0. The molecule has 22 heavy (non-hydrogen) atoms. The topological polar surface area (TPSA) is 49.0 Å². The van der Waals surface area contributed by atoms with Gasteiger partial charge in [0.1, 0.15) is 0 Å². The summed E-state index contributed by atoms with van der Waals surface area (Å²) in [6.45, 7) is 8.99. The fraction of sp³-hybridized carbons (Fsp3) is 0.647. The molecule has 5 heteroatoms. The minimum atomic E-state index is 0.620. The van der Waals surface area contributed by atoms with Crippen molar-refractivity contribution in [3.8, 4) is 0 Å². The Morgan fingerprint density at radius 2 is 1.32 bits per heavy atom. The summed E-state index contributed by atoms with van der Waals surface area (Å²) in [5.74, 6) is 0. The molecule has 1 rings (SSSR count). The Bertz CT molecular complexity index is 335. The summed E-state index contributed by atoms with van der Waals surface area (Å²) in [6, 6.07) is 10.1. The van der Waals surface area contributed by atoms with Crippen molar-refractivity contribution in [3.63, 3.8) is 0 Å². The van der Waals surface area contributed by atoms with E-state index in [0.717, 1.165) is 19.7 Å². The summed E-state index contributed by atoms with van der Waals surface area (Å²) in [4.78, 5) is 0. The lowest BCUT2D eigenvalue weighted by atomic mass is 10.2. The number of nitrogens with one attached hydrogen (secondary N) is 1. The number of benzene rings is 1. The first-order valence-corrected chi connectivity index (χ1v) is 7.99. The molecule has 0 unspecified atom stereocenters. The predicted octanol–water partition coefficient (Wildman–Crippen LogP) is 1.86. The molecule has 0 heterocycles. The maximum atomic E-state index is 5.53. The zero-order valence-corrected chi connectivity index (χ0v) is 13.6. The molecule has 0 aliphatic rings. The Morgan fingerprint density at radius 1 is 0.727 bits per heavy atom. The first-order valence-electron chi connectivity index (χ1n) is 7.99. The van der Waals surface area contributed by atoms with Crippen LogP contribution in [0.5, 0.6) is 0 Å². The van der Waals surface area contributed by atoms with E-state index in [1.54, 1.807) is 0 Å². The standard InChI is InChI=1S/C17H29NO4/c1-2-19-12-13-20-10-8-18-9-11-21-14-15-22-16-17-6-4-3-5-7-17/h3-7,18H,2,8-16H2,1H3. The highest BCUT2D eigenvalue weighted by molar-refractivity contribution is 5.13. The Balaban J connectivity index is 1.73. The SMILES string of the molecule is CCOCCOCCNCCOCCOCc1ccccc1. The van der Waals surface area contributed by atoms with Crippen molar-refractivity contribution in [1.29, 1.82) is 0 Å². The average Bonchev–Trinajstić information content (AvgIpc) is 2.56. The van der Waals surface area contributed by atoms with Crippen molar-refractivity contribution < 1.29 is 18.9 Å². The van der Waals surface area contributed by atoms with E-state index in [1.165, 1.54) is 5.56 Å².